The molecule has 0 radical (unpaired) electrons. The number of hydrogen-bond donors (Lipinski definition) is 1. The van der Waals surface area contributed by atoms with Crippen LogP contribution in [0, 0.1) is 22.7 Å². The van der Waals surface area contributed by atoms with Gasteiger partial charge in [-0.3, -0.25) is 4.79 Å². The molecule has 0 bridgehead atoms. The summed E-state index contributed by atoms with van der Waals surface area (Å²) in [5.41, 5.74) is -0.932. The van der Waals surface area contributed by atoms with E-state index in [1.165, 1.54) is 7.05 Å². The van der Waals surface area contributed by atoms with Gasteiger partial charge >= 0.3 is 6.18 Å². The molecule has 1 aliphatic carbocycles. The number of carbonyl (C=O) groups excluding carboxylic acids is 1. The Bertz CT molecular complexity index is 748. The van der Waals surface area contributed by atoms with Crippen molar-refractivity contribution >= 4 is 17.7 Å². The molecule has 1 atom stereocenters. The van der Waals surface area contributed by atoms with E-state index in [1.54, 1.807) is 6.07 Å². The van der Waals surface area contributed by atoms with Crippen LogP contribution in [0.5, 0.6) is 0 Å². The van der Waals surface area contributed by atoms with E-state index in [0.717, 1.165) is 18.2 Å². The van der Waals surface area contributed by atoms with Gasteiger partial charge in [-0.05, 0) is 36.2 Å². The van der Waals surface area contributed by atoms with Gasteiger partial charge in [0.05, 0.1) is 16.9 Å². The molecule has 1 aromatic rings. The fourth-order valence-electron chi connectivity index (χ4n) is 3.20. The molecule has 0 aromatic carbocycles. The van der Waals surface area contributed by atoms with E-state index in [9.17, 15) is 23.2 Å². The van der Waals surface area contributed by atoms with Gasteiger partial charge in [0.25, 0.3) is 0 Å². The van der Waals surface area contributed by atoms with Crippen molar-refractivity contribution in [1.29, 1.82) is 5.26 Å². The number of nitriles is 1. The number of fused-ring (bicyclic) bond motifs is 1. The van der Waals surface area contributed by atoms with Crippen LogP contribution in [0.3, 0.4) is 0 Å². The molecule has 0 spiro atoms. The topological polar surface area (TPSA) is 65.8 Å². The Kier molecular flexibility index (Phi) is 5.91. The van der Waals surface area contributed by atoms with E-state index in [0.29, 0.717) is 12.1 Å². The largest absolute Gasteiger partial charge is 0.418 e. The van der Waals surface area contributed by atoms with Crippen LogP contribution in [0.2, 0.25) is 0 Å². The average Bonchev–Trinajstić information content (AvgIpc) is 2.55. The standard InChI is InChI=1S/C18H22F3N3OS/c1-17(2,3)10-5-6-13-11(7-10)15(18(19,20)21)12(8-22)16(24-13)26-9-14(25)23-4/h10H,5-7,9H2,1-4H3,(H,23,25)/t10-/m1/s1. The molecule has 1 N–H and O–H groups in total. The van der Waals surface area contributed by atoms with Gasteiger partial charge in [0, 0.05) is 12.7 Å². The summed E-state index contributed by atoms with van der Waals surface area (Å²) in [4.78, 5) is 15.8. The third-order valence-electron chi connectivity index (χ3n) is 4.77. The van der Waals surface area contributed by atoms with Gasteiger partial charge in [0.2, 0.25) is 5.91 Å². The molecule has 1 aliphatic rings. The maximum absolute atomic E-state index is 13.8. The summed E-state index contributed by atoms with van der Waals surface area (Å²) in [7, 11) is 1.45. The molecule has 0 aliphatic heterocycles. The van der Waals surface area contributed by atoms with Crippen molar-refractivity contribution in [1.82, 2.24) is 10.3 Å². The fraction of sp³-hybridized carbons (Fsp3) is 0.611. The third kappa shape index (κ3) is 4.32. The zero-order valence-corrected chi connectivity index (χ0v) is 16.1. The molecule has 0 saturated heterocycles. The zero-order valence-electron chi connectivity index (χ0n) is 15.3. The highest BCUT2D eigenvalue weighted by molar-refractivity contribution is 8.00. The molecule has 0 unspecified atom stereocenters. The molecule has 1 heterocycles. The fourth-order valence-corrected chi connectivity index (χ4v) is 4.08. The summed E-state index contributed by atoms with van der Waals surface area (Å²) < 4.78 is 41.5. The van der Waals surface area contributed by atoms with Crippen LogP contribution < -0.4 is 5.32 Å². The molecule has 0 saturated carbocycles. The van der Waals surface area contributed by atoms with E-state index in [4.69, 9.17) is 0 Å². The second kappa shape index (κ2) is 7.47. The van der Waals surface area contributed by atoms with Gasteiger partial charge in [0.1, 0.15) is 11.1 Å². The number of carbonyl (C=O) groups is 1. The normalized spacial score (nSPS) is 17.4. The van der Waals surface area contributed by atoms with Crippen LogP contribution in [0.25, 0.3) is 0 Å². The Morgan fingerprint density at radius 3 is 2.54 bits per heavy atom. The second-order valence-corrected chi connectivity index (χ2v) is 8.43. The zero-order chi connectivity index (χ0) is 19.7. The Morgan fingerprint density at radius 1 is 1.38 bits per heavy atom. The number of rotatable bonds is 3. The minimum absolute atomic E-state index is 0.0172. The summed E-state index contributed by atoms with van der Waals surface area (Å²) in [6, 6.07) is 1.68. The molecular formula is C18H22F3N3OS. The molecule has 142 valence electrons. The number of amides is 1. The van der Waals surface area contributed by atoms with Crippen LogP contribution in [-0.2, 0) is 23.8 Å². The van der Waals surface area contributed by atoms with E-state index < -0.39 is 17.3 Å². The number of aromatic nitrogens is 1. The molecule has 26 heavy (non-hydrogen) atoms. The van der Waals surface area contributed by atoms with Crippen molar-refractivity contribution in [2.75, 3.05) is 12.8 Å². The van der Waals surface area contributed by atoms with Crippen LogP contribution in [0.15, 0.2) is 5.03 Å². The first-order chi connectivity index (χ1) is 12.0. The highest BCUT2D eigenvalue weighted by Crippen LogP contribution is 2.44. The van der Waals surface area contributed by atoms with E-state index in [-0.39, 0.29) is 40.0 Å². The monoisotopic (exact) mass is 385 g/mol. The van der Waals surface area contributed by atoms with Crippen LogP contribution in [0.1, 0.15) is 49.6 Å². The highest BCUT2D eigenvalue weighted by atomic mass is 32.2. The number of nitrogens with one attached hydrogen (secondary N) is 1. The SMILES string of the molecule is CNC(=O)CSc1nc2c(c(C(F)(F)F)c1C#N)C[C@H](C(C)(C)C)CC2. The van der Waals surface area contributed by atoms with E-state index >= 15 is 0 Å². The molecule has 1 aromatic heterocycles. The quantitative estimate of drug-likeness (QED) is 0.800. The van der Waals surface area contributed by atoms with Gasteiger partial charge in [-0.1, -0.05) is 32.5 Å². The summed E-state index contributed by atoms with van der Waals surface area (Å²) in [5, 5.41) is 11.8. The Balaban J connectivity index is 2.58. The first-order valence-corrected chi connectivity index (χ1v) is 9.34. The first kappa shape index (κ1) is 20.6. The van der Waals surface area contributed by atoms with Crippen molar-refractivity contribution in [3.63, 3.8) is 0 Å². The van der Waals surface area contributed by atoms with Crippen LogP contribution in [0.4, 0.5) is 13.2 Å². The Labute approximate surface area is 155 Å². The Morgan fingerprint density at radius 2 is 2.04 bits per heavy atom. The third-order valence-corrected chi connectivity index (χ3v) is 5.74. The molecule has 8 heteroatoms. The molecule has 0 fully saturated rings. The van der Waals surface area contributed by atoms with Crippen LogP contribution >= 0.6 is 11.8 Å². The minimum Gasteiger partial charge on any atom is -0.358 e. The van der Waals surface area contributed by atoms with Gasteiger partial charge < -0.3 is 5.32 Å². The molecule has 2 rings (SSSR count). The maximum atomic E-state index is 13.8. The van der Waals surface area contributed by atoms with E-state index in [2.05, 4.69) is 10.3 Å². The summed E-state index contributed by atoms with van der Waals surface area (Å²) in [6.45, 7) is 6.05. The maximum Gasteiger partial charge on any atom is 0.418 e. The average molecular weight is 385 g/mol. The first-order valence-electron chi connectivity index (χ1n) is 8.35. The van der Waals surface area contributed by atoms with E-state index in [1.807, 2.05) is 20.8 Å². The van der Waals surface area contributed by atoms with Crippen molar-refractivity contribution < 1.29 is 18.0 Å². The minimum atomic E-state index is -4.64. The summed E-state index contributed by atoms with van der Waals surface area (Å²) >= 11 is 0.868. The number of thioether (sulfide) groups is 1. The lowest BCUT2D eigenvalue weighted by molar-refractivity contribution is -0.139. The second-order valence-electron chi connectivity index (χ2n) is 7.47. The van der Waals surface area contributed by atoms with Gasteiger partial charge in [0.15, 0.2) is 0 Å². The number of halogens is 3. The lowest BCUT2D eigenvalue weighted by Gasteiger charge is -2.36. The number of nitrogens with zero attached hydrogens (tertiary/aromatic N) is 2. The van der Waals surface area contributed by atoms with Gasteiger partial charge in [-0.15, -0.1) is 0 Å². The smallest absolute Gasteiger partial charge is 0.358 e. The van der Waals surface area contributed by atoms with Crippen molar-refractivity contribution in [3.05, 3.63) is 22.4 Å². The van der Waals surface area contributed by atoms with Gasteiger partial charge in [-0.25, -0.2) is 4.98 Å². The number of pyridine rings is 1. The number of alkyl halides is 3. The highest BCUT2D eigenvalue weighted by Gasteiger charge is 2.42. The molecule has 1 amide bonds. The lowest BCUT2D eigenvalue weighted by atomic mass is 9.70. The summed E-state index contributed by atoms with van der Waals surface area (Å²) in [6.07, 6.45) is -3.18. The molecule has 4 nitrogen and oxygen atoms in total. The predicted octanol–water partition coefficient (Wildman–Crippen LogP) is 3.96. The Hall–Kier alpha value is -1.75. The predicted molar refractivity (Wildman–Crippen MR) is 93.7 cm³/mol. The van der Waals surface area contributed by atoms with Crippen molar-refractivity contribution in [2.24, 2.45) is 11.3 Å². The number of hydrogen-bond acceptors (Lipinski definition) is 4. The van der Waals surface area contributed by atoms with Crippen LogP contribution in [-0.4, -0.2) is 23.7 Å². The number of aryl methyl sites for hydroxylation is 1. The summed E-state index contributed by atoms with van der Waals surface area (Å²) in [5.74, 6) is -0.326. The van der Waals surface area contributed by atoms with Crippen molar-refractivity contribution in [3.8, 4) is 6.07 Å². The van der Waals surface area contributed by atoms with Gasteiger partial charge in [-0.2, -0.15) is 18.4 Å². The lowest BCUT2D eigenvalue weighted by Crippen LogP contribution is -2.30. The molecular weight excluding hydrogens is 363 g/mol. The van der Waals surface area contributed by atoms with Crippen molar-refractivity contribution in [2.45, 2.75) is 51.2 Å².